The molecule has 0 aliphatic carbocycles. The van der Waals surface area contributed by atoms with Crippen molar-refractivity contribution >= 4 is 18.5 Å². The minimum atomic E-state index is 0.289. The molecule has 0 aromatic heterocycles. The number of carbonyl (C=O) groups excluding carboxylic acids is 1. The van der Waals surface area contributed by atoms with Gasteiger partial charge in [0.2, 0.25) is 5.91 Å². The van der Waals surface area contributed by atoms with E-state index in [1.54, 1.807) is 0 Å². The zero-order chi connectivity index (χ0) is 12.3. The molecule has 0 radical (unpaired) electrons. The number of hydrogen-bond acceptors (Lipinski definition) is 2. The fraction of sp³-hybridized carbons (Fsp3) is 0.500. The van der Waals surface area contributed by atoms with Gasteiger partial charge < -0.3 is 4.90 Å². The van der Waals surface area contributed by atoms with Gasteiger partial charge in [-0.15, -0.1) is 0 Å². The van der Waals surface area contributed by atoms with E-state index in [1.807, 2.05) is 4.90 Å². The number of thiol groups is 1. The first-order valence-corrected chi connectivity index (χ1v) is 6.76. The Labute approximate surface area is 108 Å². The number of hydrogen-bond donors (Lipinski definition) is 1. The molecule has 1 amide bonds. The third kappa shape index (κ3) is 3.25. The van der Waals surface area contributed by atoms with Crippen LogP contribution >= 0.6 is 12.6 Å². The minimum Gasteiger partial charge on any atom is -0.342 e. The van der Waals surface area contributed by atoms with Gasteiger partial charge in [0, 0.05) is 19.5 Å². The van der Waals surface area contributed by atoms with Crippen LogP contribution in [0.25, 0.3) is 0 Å². The first-order valence-electron chi connectivity index (χ1n) is 6.13. The number of carbonyl (C=O) groups is 1. The van der Waals surface area contributed by atoms with E-state index in [4.69, 9.17) is 0 Å². The summed E-state index contributed by atoms with van der Waals surface area (Å²) in [5, 5.41) is 0. The van der Waals surface area contributed by atoms with Crippen molar-refractivity contribution in [3.05, 3.63) is 35.4 Å². The van der Waals surface area contributed by atoms with Gasteiger partial charge in [-0.3, -0.25) is 4.79 Å². The molecule has 1 unspecified atom stereocenters. The van der Waals surface area contributed by atoms with E-state index >= 15 is 0 Å². The molecule has 1 aromatic carbocycles. The summed E-state index contributed by atoms with van der Waals surface area (Å²) in [5.41, 5.74) is 2.59. The second kappa shape index (κ2) is 5.58. The molecule has 1 aliphatic heterocycles. The predicted octanol–water partition coefficient (Wildman–Crippen LogP) is 2.32. The number of likely N-dealkylation sites (tertiary alicyclic amines) is 1. The SMILES string of the molecule is Cc1cccc(CCN2CC(CS)CC2=O)c1. The number of benzene rings is 1. The summed E-state index contributed by atoms with van der Waals surface area (Å²) in [4.78, 5) is 13.7. The van der Waals surface area contributed by atoms with Gasteiger partial charge in [-0.05, 0) is 30.6 Å². The second-order valence-corrected chi connectivity index (χ2v) is 5.20. The van der Waals surface area contributed by atoms with Gasteiger partial charge in [0.1, 0.15) is 0 Å². The number of nitrogens with zero attached hydrogens (tertiary/aromatic N) is 1. The average molecular weight is 249 g/mol. The smallest absolute Gasteiger partial charge is 0.222 e. The van der Waals surface area contributed by atoms with Crippen molar-refractivity contribution in [3.63, 3.8) is 0 Å². The Kier molecular flexibility index (Phi) is 4.11. The number of amides is 1. The molecule has 1 fully saturated rings. The van der Waals surface area contributed by atoms with Crippen LogP contribution in [0.2, 0.25) is 0 Å². The topological polar surface area (TPSA) is 20.3 Å². The first kappa shape index (κ1) is 12.5. The van der Waals surface area contributed by atoms with Crippen LogP contribution in [0.15, 0.2) is 24.3 Å². The molecule has 1 heterocycles. The highest BCUT2D eigenvalue weighted by molar-refractivity contribution is 7.80. The summed E-state index contributed by atoms with van der Waals surface area (Å²) in [6.45, 7) is 3.82. The zero-order valence-corrected chi connectivity index (χ0v) is 11.1. The van der Waals surface area contributed by atoms with Gasteiger partial charge in [-0.25, -0.2) is 0 Å². The molecule has 2 nitrogen and oxygen atoms in total. The van der Waals surface area contributed by atoms with Crippen molar-refractivity contribution < 1.29 is 4.79 Å². The Balaban J connectivity index is 1.88. The summed E-state index contributed by atoms with van der Waals surface area (Å²) in [7, 11) is 0. The van der Waals surface area contributed by atoms with Crippen LogP contribution in [0, 0.1) is 12.8 Å². The maximum Gasteiger partial charge on any atom is 0.222 e. The molecule has 17 heavy (non-hydrogen) atoms. The Morgan fingerprint density at radius 2 is 2.29 bits per heavy atom. The zero-order valence-electron chi connectivity index (χ0n) is 10.2. The Hall–Kier alpha value is -0.960. The summed E-state index contributed by atoms with van der Waals surface area (Å²) >= 11 is 4.27. The summed E-state index contributed by atoms with van der Waals surface area (Å²) in [6.07, 6.45) is 1.63. The fourth-order valence-electron chi connectivity index (χ4n) is 2.32. The lowest BCUT2D eigenvalue weighted by molar-refractivity contribution is -0.127. The lowest BCUT2D eigenvalue weighted by Gasteiger charge is -2.16. The maximum atomic E-state index is 11.7. The molecular weight excluding hydrogens is 230 g/mol. The third-order valence-electron chi connectivity index (χ3n) is 3.31. The Bertz CT molecular complexity index is 405. The van der Waals surface area contributed by atoms with E-state index in [9.17, 15) is 4.79 Å². The highest BCUT2D eigenvalue weighted by Gasteiger charge is 2.27. The predicted molar refractivity (Wildman–Crippen MR) is 73.4 cm³/mol. The van der Waals surface area contributed by atoms with E-state index in [2.05, 4.69) is 43.8 Å². The highest BCUT2D eigenvalue weighted by atomic mass is 32.1. The van der Waals surface area contributed by atoms with Crippen LogP contribution in [-0.2, 0) is 11.2 Å². The van der Waals surface area contributed by atoms with Crippen LogP contribution in [0.5, 0.6) is 0 Å². The van der Waals surface area contributed by atoms with E-state index in [1.165, 1.54) is 11.1 Å². The summed E-state index contributed by atoms with van der Waals surface area (Å²) in [5.74, 6) is 1.55. The second-order valence-electron chi connectivity index (χ2n) is 4.83. The molecular formula is C14H19NOS. The molecule has 1 aliphatic rings. The lowest BCUT2D eigenvalue weighted by atomic mass is 10.1. The fourth-order valence-corrected chi connectivity index (χ4v) is 2.57. The minimum absolute atomic E-state index is 0.289. The van der Waals surface area contributed by atoms with Gasteiger partial charge >= 0.3 is 0 Å². The van der Waals surface area contributed by atoms with Crippen molar-refractivity contribution in [2.45, 2.75) is 19.8 Å². The van der Waals surface area contributed by atoms with Crippen LogP contribution < -0.4 is 0 Å². The third-order valence-corrected chi connectivity index (χ3v) is 3.82. The van der Waals surface area contributed by atoms with E-state index in [0.29, 0.717) is 12.3 Å². The van der Waals surface area contributed by atoms with Crippen molar-refractivity contribution in [2.75, 3.05) is 18.8 Å². The molecule has 1 atom stereocenters. The number of rotatable bonds is 4. The van der Waals surface area contributed by atoms with Gasteiger partial charge in [0.05, 0.1) is 0 Å². The van der Waals surface area contributed by atoms with Crippen molar-refractivity contribution in [3.8, 4) is 0 Å². The van der Waals surface area contributed by atoms with Crippen molar-refractivity contribution in [2.24, 2.45) is 5.92 Å². The van der Waals surface area contributed by atoms with Gasteiger partial charge in [-0.2, -0.15) is 12.6 Å². The highest BCUT2D eigenvalue weighted by Crippen LogP contribution is 2.19. The molecule has 1 saturated heterocycles. The molecule has 0 saturated carbocycles. The summed E-state index contributed by atoms with van der Waals surface area (Å²) in [6, 6.07) is 8.49. The largest absolute Gasteiger partial charge is 0.342 e. The van der Waals surface area contributed by atoms with E-state index in [-0.39, 0.29) is 5.91 Å². The van der Waals surface area contributed by atoms with Crippen LogP contribution in [-0.4, -0.2) is 29.6 Å². The van der Waals surface area contributed by atoms with E-state index in [0.717, 1.165) is 25.3 Å². The maximum absolute atomic E-state index is 11.7. The number of aryl methyl sites for hydroxylation is 1. The quantitative estimate of drug-likeness (QED) is 0.812. The molecule has 0 N–H and O–H groups in total. The van der Waals surface area contributed by atoms with Crippen LogP contribution in [0.4, 0.5) is 0 Å². The average Bonchev–Trinajstić information content (AvgIpc) is 2.68. The molecule has 1 aromatic rings. The standard InChI is InChI=1S/C14H19NOS/c1-11-3-2-4-12(7-11)5-6-15-9-13(10-17)8-14(15)16/h2-4,7,13,17H,5-6,8-10H2,1H3. The van der Waals surface area contributed by atoms with E-state index < -0.39 is 0 Å². The van der Waals surface area contributed by atoms with Crippen molar-refractivity contribution in [1.82, 2.24) is 4.90 Å². The first-order chi connectivity index (χ1) is 8.19. The molecule has 3 heteroatoms. The van der Waals surface area contributed by atoms with Gasteiger partial charge in [0.25, 0.3) is 0 Å². The van der Waals surface area contributed by atoms with Crippen LogP contribution in [0.3, 0.4) is 0 Å². The Morgan fingerprint density at radius 1 is 1.47 bits per heavy atom. The van der Waals surface area contributed by atoms with Crippen LogP contribution in [0.1, 0.15) is 17.5 Å². The Morgan fingerprint density at radius 3 is 2.94 bits per heavy atom. The van der Waals surface area contributed by atoms with Crippen molar-refractivity contribution in [1.29, 1.82) is 0 Å². The summed E-state index contributed by atoms with van der Waals surface area (Å²) < 4.78 is 0. The normalized spacial score (nSPS) is 20.0. The van der Waals surface area contributed by atoms with Gasteiger partial charge in [-0.1, -0.05) is 29.8 Å². The monoisotopic (exact) mass is 249 g/mol. The molecule has 0 spiro atoms. The molecule has 2 rings (SSSR count). The molecule has 0 bridgehead atoms. The van der Waals surface area contributed by atoms with Gasteiger partial charge in [0.15, 0.2) is 0 Å². The lowest BCUT2D eigenvalue weighted by Crippen LogP contribution is -2.27. The molecule has 92 valence electrons.